The Kier molecular flexibility index (Phi) is 5.02. The number of benzene rings is 2. The van der Waals surface area contributed by atoms with Gasteiger partial charge in [-0.1, -0.05) is 0 Å². The van der Waals surface area contributed by atoms with E-state index in [4.69, 9.17) is 10.00 Å². The first-order valence-corrected chi connectivity index (χ1v) is 8.49. The van der Waals surface area contributed by atoms with Crippen molar-refractivity contribution in [2.45, 2.75) is 17.4 Å². The predicted molar refractivity (Wildman–Crippen MR) is 89.3 cm³/mol. The Hall–Kier alpha value is -2.52. The van der Waals surface area contributed by atoms with Crippen LogP contribution in [0.5, 0.6) is 5.75 Å². The summed E-state index contributed by atoms with van der Waals surface area (Å²) in [5, 5.41) is 11.6. The van der Waals surface area contributed by atoms with Crippen LogP contribution >= 0.6 is 11.8 Å². The molecule has 2 aromatic rings. The van der Waals surface area contributed by atoms with Crippen molar-refractivity contribution in [1.82, 2.24) is 5.32 Å². The van der Waals surface area contributed by atoms with Crippen LogP contribution < -0.4 is 10.1 Å². The zero-order chi connectivity index (χ0) is 16.9. The summed E-state index contributed by atoms with van der Waals surface area (Å²) in [6, 6.07) is 13.0. The normalized spacial score (nSPS) is 15.9. The van der Waals surface area contributed by atoms with E-state index in [-0.39, 0.29) is 24.4 Å². The fourth-order valence-electron chi connectivity index (χ4n) is 2.53. The van der Waals surface area contributed by atoms with E-state index in [1.165, 1.54) is 12.1 Å². The van der Waals surface area contributed by atoms with Crippen LogP contribution in [0.3, 0.4) is 0 Å². The molecular formula is C18H15FN2O2S. The van der Waals surface area contributed by atoms with Gasteiger partial charge in [-0.3, -0.25) is 4.79 Å². The van der Waals surface area contributed by atoms with Crippen molar-refractivity contribution >= 4 is 17.7 Å². The first kappa shape index (κ1) is 16.3. The van der Waals surface area contributed by atoms with E-state index >= 15 is 0 Å². The lowest BCUT2D eigenvalue weighted by Crippen LogP contribution is -2.34. The maximum atomic E-state index is 13.5. The van der Waals surface area contributed by atoms with E-state index < -0.39 is 0 Å². The number of hydrogen-bond donors (Lipinski definition) is 1. The highest BCUT2D eigenvalue weighted by Gasteiger charge is 2.23. The lowest BCUT2D eigenvalue weighted by Gasteiger charge is -2.26. The van der Waals surface area contributed by atoms with E-state index in [0.717, 1.165) is 22.6 Å². The fourth-order valence-corrected chi connectivity index (χ4v) is 3.63. The topological polar surface area (TPSA) is 62.1 Å². The molecule has 6 heteroatoms. The van der Waals surface area contributed by atoms with Crippen molar-refractivity contribution in [1.29, 1.82) is 5.26 Å². The lowest BCUT2D eigenvalue weighted by atomic mass is 10.0. The second-order valence-corrected chi connectivity index (χ2v) is 6.50. The largest absolute Gasteiger partial charge is 0.484 e. The van der Waals surface area contributed by atoms with Gasteiger partial charge in [-0.15, -0.1) is 11.8 Å². The Labute approximate surface area is 143 Å². The van der Waals surface area contributed by atoms with Gasteiger partial charge in [-0.05, 0) is 54.4 Å². The Morgan fingerprint density at radius 1 is 1.33 bits per heavy atom. The van der Waals surface area contributed by atoms with Crippen LogP contribution in [0.1, 0.15) is 23.6 Å². The molecule has 0 spiro atoms. The fraction of sp³-hybridized carbons (Fsp3) is 0.222. The molecule has 0 saturated carbocycles. The van der Waals surface area contributed by atoms with E-state index in [0.29, 0.717) is 11.3 Å². The highest BCUT2D eigenvalue weighted by atomic mass is 32.2. The zero-order valence-electron chi connectivity index (χ0n) is 12.8. The monoisotopic (exact) mass is 342 g/mol. The SMILES string of the molecule is N#Cc1ccc(OCC(=O)NC2CCSc3ccc(F)cc32)cc1. The number of ether oxygens (including phenoxy) is 1. The van der Waals surface area contributed by atoms with Gasteiger partial charge >= 0.3 is 0 Å². The molecule has 1 amide bonds. The molecule has 1 N–H and O–H groups in total. The molecule has 0 aliphatic carbocycles. The van der Waals surface area contributed by atoms with Crippen LogP contribution in [0.4, 0.5) is 4.39 Å². The number of halogens is 1. The number of hydrogen-bond acceptors (Lipinski definition) is 4. The maximum Gasteiger partial charge on any atom is 0.258 e. The molecule has 1 aliphatic rings. The third kappa shape index (κ3) is 3.87. The molecule has 24 heavy (non-hydrogen) atoms. The van der Waals surface area contributed by atoms with Gasteiger partial charge in [0.1, 0.15) is 11.6 Å². The second-order valence-electron chi connectivity index (χ2n) is 5.36. The van der Waals surface area contributed by atoms with Crippen LogP contribution in [0, 0.1) is 17.1 Å². The minimum Gasteiger partial charge on any atom is -0.484 e. The molecule has 1 heterocycles. The summed E-state index contributed by atoms with van der Waals surface area (Å²) in [6.45, 7) is -0.125. The standard InChI is InChI=1S/C18H15FN2O2S/c19-13-3-6-17-15(9-13)16(7-8-24-17)21-18(22)11-23-14-4-1-12(10-20)2-5-14/h1-6,9,16H,7-8,11H2,(H,21,22). The molecule has 0 bridgehead atoms. The zero-order valence-corrected chi connectivity index (χ0v) is 13.6. The van der Waals surface area contributed by atoms with Crippen molar-refractivity contribution in [2.24, 2.45) is 0 Å². The molecule has 1 aliphatic heterocycles. The number of rotatable bonds is 4. The van der Waals surface area contributed by atoms with Gasteiger partial charge < -0.3 is 10.1 Å². The van der Waals surface area contributed by atoms with Gasteiger partial charge in [-0.2, -0.15) is 5.26 Å². The van der Waals surface area contributed by atoms with Crippen LogP contribution in [0.15, 0.2) is 47.4 Å². The number of nitrogens with one attached hydrogen (secondary N) is 1. The average Bonchev–Trinajstić information content (AvgIpc) is 2.61. The number of carbonyl (C=O) groups excluding carboxylic acids is 1. The molecule has 0 saturated heterocycles. The van der Waals surface area contributed by atoms with Crippen molar-refractivity contribution in [3.63, 3.8) is 0 Å². The van der Waals surface area contributed by atoms with Crippen molar-refractivity contribution in [3.05, 3.63) is 59.4 Å². The van der Waals surface area contributed by atoms with E-state index in [2.05, 4.69) is 5.32 Å². The van der Waals surface area contributed by atoms with E-state index in [1.807, 2.05) is 6.07 Å². The van der Waals surface area contributed by atoms with Crippen LogP contribution in [-0.2, 0) is 4.79 Å². The Balaban J connectivity index is 1.59. The molecule has 3 rings (SSSR count). The van der Waals surface area contributed by atoms with E-state index in [9.17, 15) is 9.18 Å². The molecule has 0 radical (unpaired) electrons. The molecule has 0 aromatic heterocycles. The summed E-state index contributed by atoms with van der Waals surface area (Å²) in [4.78, 5) is 13.1. The first-order chi connectivity index (χ1) is 11.7. The predicted octanol–water partition coefficient (Wildman–Crippen LogP) is 3.43. The Bertz CT molecular complexity index is 787. The molecule has 1 unspecified atom stereocenters. The number of nitriles is 1. The summed E-state index contributed by atoms with van der Waals surface area (Å²) >= 11 is 1.67. The Morgan fingerprint density at radius 3 is 2.88 bits per heavy atom. The van der Waals surface area contributed by atoms with Gasteiger partial charge in [0.25, 0.3) is 5.91 Å². The molecular weight excluding hydrogens is 327 g/mol. The molecule has 1 atom stereocenters. The smallest absolute Gasteiger partial charge is 0.258 e. The minimum atomic E-state index is -0.302. The number of carbonyl (C=O) groups is 1. The number of thioether (sulfide) groups is 1. The van der Waals surface area contributed by atoms with Crippen molar-refractivity contribution in [3.8, 4) is 11.8 Å². The van der Waals surface area contributed by atoms with Gasteiger partial charge in [-0.25, -0.2) is 4.39 Å². The first-order valence-electron chi connectivity index (χ1n) is 7.50. The van der Waals surface area contributed by atoms with Crippen molar-refractivity contribution in [2.75, 3.05) is 12.4 Å². The minimum absolute atomic E-state index is 0.125. The third-order valence-electron chi connectivity index (χ3n) is 3.70. The maximum absolute atomic E-state index is 13.5. The Morgan fingerprint density at radius 2 is 2.12 bits per heavy atom. The van der Waals surface area contributed by atoms with Crippen molar-refractivity contribution < 1.29 is 13.9 Å². The highest BCUT2D eigenvalue weighted by Crippen LogP contribution is 2.36. The number of amides is 1. The lowest BCUT2D eigenvalue weighted by molar-refractivity contribution is -0.123. The summed E-state index contributed by atoms with van der Waals surface area (Å²) in [5.74, 6) is 0.839. The molecule has 2 aromatic carbocycles. The van der Waals surface area contributed by atoms with Gasteiger partial charge in [0.05, 0.1) is 17.7 Å². The van der Waals surface area contributed by atoms with Gasteiger partial charge in [0.2, 0.25) is 0 Å². The molecule has 122 valence electrons. The van der Waals surface area contributed by atoms with E-state index in [1.54, 1.807) is 42.1 Å². The van der Waals surface area contributed by atoms with Gasteiger partial charge in [0.15, 0.2) is 6.61 Å². The number of nitrogens with zero attached hydrogens (tertiary/aromatic N) is 1. The number of fused-ring (bicyclic) bond motifs is 1. The highest BCUT2D eigenvalue weighted by molar-refractivity contribution is 7.99. The second kappa shape index (κ2) is 7.37. The third-order valence-corrected chi connectivity index (χ3v) is 4.82. The van der Waals surface area contributed by atoms with Crippen LogP contribution in [0.2, 0.25) is 0 Å². The van der Waals surface area contributed by atoms with Crippen LogP contribution in [-0.4, -0.2) is 18.3 Å². The summed E-state index contributed by atoms with van der Waals surface area (Å²) < 4.78 is 18.9. The quantitative estimate of drug-likeness (QED) is 0.925. The summed E-state index contributed by atoms with van der Waals surface area (Å²) in [7, 11) is 0. The summed E-state index contributed by atoms with van der Waals surface area (Å²) in [6.07, 6.45) is 0.754. The van der Waals surface area contributed by atoms with Crippen LogP contribution in [0.25, 0.3) is 0 Å². The molecule has 0 fully saturated rings. The molecule has 4 nitrogen and oxygen atoms in total. The average molecular weight is 342 g/mol. The van der Waals surface area contributed by atoms with Gasteiger partial charge in [0, 0.05) is 10.6 Å². The summed E-state index contributed by atoms with van der Waals surface area (Å²) in [5.41, 5.74) is 1.35.